The van der Waals surface area contributed by atoms with Gasteiger partial charge in [0.25, 0.3) is 0 Å². The summed E-state index contributed by atoms with van der Waals surface area (Å²) >= 11 is 0. The molecular formula is C25H29N3O5. The fourth-order valence-corrected chi connectivity index (χ4v) is 3.87. The van der Waals surface area contributed by atoms with Crippen LogP contribution in [0.2, 0.25) is 0 Å². The van der Waals surface area contributed by atoms with Gasteiger partial charge in [-0.3, -0.25) is 15.2 Å². The average molecular weight is 452 g/mol. The van der Waals surface area contributed by atoms with Crippen LogP contribution in [0.3, 0.4) is 0 Å². The summed E-state index contributed by atoms with van der Waals surface area (Å²) in [6, 6.07) is 12.6. The molecule has 1 fully saturated rings. The molecule has 1 aliphatic rings. The van der Waals surface area contributed by atoms with Crippen molar-refractivity contribution < 1.29 is 23.7 Å². The number of fused-ring (bicyclic) bond motifs is 1. The second-order valence-corrected chi connectivity index (χ2v) is 7.82. The maximum Gasteiger partial charge on any atom is 0.411 e. The standard InChI is InChI=1S/C25H29N3O5/c1-30-23-16-20-21(17-24(23)31-2)26-11-10-22(20)33-19-8-6-18(7-9-19)27-25(29)32-15-14-28-12-4-3-5-13-28/h6-11,16-17H,3-5,12-15H2,1-2H3,(H,27,29). The van der Waals surface area contributed by atoms with E-state index in [9.17, 15) is 4.79 Å². The Morgan fingerprint density at radius 1 is 0.970 bits per heavy atom. The molecule has 2 aromatic carbocycles. The van der Waals surface area contributed by atoms with Crippen LogP contribution in [-0.4, -0.2) is 56.4 Å². The molecule has 1 amide bonds. The fourth-order valence-electron chi connectivity index (χ4n) is 3.87. The van der Waals surface area contributed by atoms with E-state index < -0.39 is 6.09 Å². The SMILES string of the molecule is COc1cc2nccc(Oc3ccc(NC(=O)OCCN4CCCCC4)cc3)c2cc1OC. The van der Waals surface area contributed by atoms with Gasteiger partial charge in [0.05, 0.1) is 19.7 Å². The third-order valence-electron chi connectivity index (χ3n) is 5.62. The van der Waals surface area contributed by atoms with E-state index in [-0.39, 0.29) is 0 Å². The molecule has 33 heavy (non-hydrogen) atoms. The van der Waals surface area contributed by atoms with Crippen molar-refractivity contribution in [3.8, 4) is 23.0 Å². The second kappa shape index (κ2) is 10.9. The summed E-state index contributed by atoms with van der Waals surface area (Å²) in [6.45, 7) is 3.33. The summed E-state index contributed by atoms with van der Waals surface area (Å²) in [7, 11) is 3.18. The molecular weight excluding hydrogens is 422 g/mol. The second-order valence-electron chi connectivity index (χ2n) is 7.82. The summed E-state index contributed by atoms with van der Waals surface area (Å²) in [6.07, 6.45) is 4.95. The van der Waals surface area contributed by atoms with Crippen molar-refractivity contribution in [3.05, 3.63) is 48.7 Å². The van der Waals surface area contributed by atoms with E-state index in [0.29, 0.717) is 35.3 Å². The van der Waals surface area contributed by atoms with Gasteiger partial charge in [-0.2, -0.15) is 0 Å². The van der Waals surface area contributed by atoms with Gasteiger partial charge in [-0.25, -0.2) is 4.79 Å². The number of pyridine rings is 1. The molecule has 3 aromatic rings. The van der Waals surface area contributed by atoms with E-state index in [1.807, 2.05) is 12.1 Å². The van der Waals surface area contributed by atoms with Crippen LogP contribution in [0.5, 0.6) is 23.0 Å². The molecule has 0 atom stereocenters. The minimum atomic E-state index is -0.457. The number of nitrogens with one attached hydrogen (secondary N) is 1. The molecule has 8 nitrogen and oxygen atoms in total. The molecule has 0 spiro atoms. The Labute approximate surface area is 193 Å². The summed E-state index contributed by atoms with van der Waals surface area (Å²) in [4.78, 5) is 18.8. The van der Waals surface area contributed by atoms with Crippen LogP contribution in [-0.2, 0) is 4.74 Å². The van der Waals surface area contributed by atoms with Gasteiger partial charge in [0.2, 0.25) is 0 Å². The minimum Gasteiger partial charge on any atom is -0.493 e. The highest BCUT2D eigenvalue weighted by molar-refractivity contribution is 5.88. The Morgan fingerprint density at radius 3 is 2.42 bits per heavy atom. The van der Waals surface area contributed by atoms with E-state index in [4.69, 9.17) is 18.9 Å². The van der Waals surface area contributed by atoms with Crippen LogP contribution in [0.4, 0.5) is 10.5 Å². The van der Waals surface area contributed by atoms with Crippen LogP contribution in [0.25, 0.3) is 10.9 Å². The first kappa shape index (κ1) is 22.7. The number of ether oxygens (including phenoxy) is 4. The monoisotopic (exact) mass is 451 g/mol. The number of hydrogen-bond acceptors (Lipinski definition) is 7. The first-order valence-corrected chi connectivity index (χ1v) is 11.1. The molecule has 174 valence electrons. The molecule has 1 saturated heterocycles. The molecule has 0 saturated carbocycles. The lowest BCUT2D eigenvalue weighted by Gasteiger charge is -2.25. The highest BCUT2D eigenvalue weighted by atomic mass is 16.5. The lowest BCUT2D eigenvalue weighted by Crippen LogP contribution is -2.33. The maximum absolute atomic E-state index is 12.1. The zero-order valence-electron chi connectivity index (χ0n) is 19.0. The number of carbonyl (C=O) groups is 1. The maximum atomic E-state index is 12.1. The van der Waals surface area contributed by atoms with E-state index in [1.165, 1.54) is 19.3 Å². The third kappa shape index (κ3) is 5.84. The number of carbonyl (C=O) groups excluding carboxylic acids is 1. The normalized spacial score (nSPS) is 14.0. The number of anilines is 1. The van der Waals surface area contributed by atoms with Gasteiger partial charge in [0, 0.05) is 29.9 Å². The van der Waals surface area contributed by atoms with Crippen LogP contribution in [0, 0.1) is 0 Å². The highest BCUT2D eigenvalue weighted by Gasteiger charge is 2.13. The summed E-state index contributed by atoms with van der Waals surface area (Å²) in [5, 5.41) is 3.55. The summed E-state index contributed by atoms with van der Waals surface area (Å²) in [5.74, 6) is 2.47. The largest absolute Gasteiger partial charge is 0.493 e. The molecule has 8 heteroatoms. The highest BCUT2D eigenvalue weighted by Crippen LogP contribution is 2.36. The van der Waals surface area contributed by atoms with Crippen molar-refractivity contribution in [1.82, 2.24) is 9.88 Å². The number of methoxy groups -OCH3 is 2. The third-order valence-corrected chi connectivity index (χ3v) is 5.62. The molecule has 0 unspecified atom stereocenters. The van der Waals surface area contributed by atoms with E-state index in [0.717, 1.165) is 30.5 Å². The van der Waals surface area contributed by atoms with E-state index in [1.54, 1.807) is 50.7 Å². The number of amides is 1. The van der Waals surface area contributed by atoms with Gasteiger partial charge in [-0.05, 0) is 62.3 Å². The van der Waals surface area contributed by atoms with Crippen LogP contribution in [0.1, 0.15) is 19.3 Å². The Morgan fingerprint density at radius 2 is 1.70 bits per heavy atom. The van der Waals surface area contributed by atoms with Gasteiger partial charge < -0.3 is 18.9 Å². The quantitative estimate of drug-likeness (QED) is 0.511. The number of benzene rings is 2. The number of rotatable bonds is 8. The van der Waals surface area contributed by atoms with Crippen molar-refractivity contribution in [1.29, 1.82) is 0 Å². The summed E-state index contributed by atoms with van der Waals surface area (Å²) in [5.41, 5.74) is 1.37. The lowest BCUT2D eigenvalue weighted by molar-refractivity contribution is 0.131. The minimum absolute atomic E-state index is 0.385. The number of piperidine rings is 1. The number of nitrogens with zero attached hydrogens (tertiary/aromatic N) is 2. The van der Waals surface area contributed by atoms with Crippen molar-refractivity contribution in [3.63, 3.8) is 0 Å². The van der Waals surface area contributed by atoms with E-state index >= 15 is 0 Å². The first-order valence-electron chi connectivity index (χ1n) is 11.1. The van der Waals surface area contributed by atoms with Crippen molar-refractivity contribution >= 4 is 22.7 Å². The molecule has 0 radical (unpaired) electrons. The predicted octanol–water partition coefficient (Wildman–Crippen LogP) is 5.08. The van der Waals surface area contributed by atoms with Gasteiger partial charge >= 0.3 is 6.09 Å². The van der Waals surface area contributed by atoms with E-state index in [2.05, 4.69) is 15.2 Å². The van der Waals surface area contributed by atoms with Crippen molar-refractivity contribution in [2.45, 2.75) is 19.3 Å². The van der Waals surface area contributed by atoms with Crippen molar-refractivity contribution in [2.75, 3.05) is 45.8 Å². The Balaban J connectivity index is 1.35. The molecule has 1 N–H and O–H groups in total. The van der Waals surface area contributed by atoms with Crippen LogP contribution < -0.4 is 19.5 Å². The van der Waals surface area contributed by atoms with Gasteiger partial charge in [0.1, 0.15) is 18.1 Å². The molecule has 1 aromatic heterocycles. The number of hydrogen-bond donors (Lipinski definition) is 1. The van der Waals surface area contributed by atoms with Gasteiger partial charge in [0.15, 0.2) is 11.5 Å². The Bertz CT molecular complexity index is 1080. The van der Waals surface area contributed by atoms with Crippen LogP contribution >= 0.6 is 0 Å². The van der Waals surface area contributed by atoms with Crippen LogP contribution in [0.15, 0.2) is 48.7 Å². The predicted molar refractivity (Wildman–Crippen MR) is 127 cm³/mol. The van der Waals surface area contributed by atoms with Gasteiger partial charge in [-0.1, -0.05) is 6.42 Å². The summed E-state index contributed by atoms with van der Waals surface area (Å²) < 4.78 is 22.1. The molecule has 4 rings (SSSR count). The number of likely N-dealkylation sites (tertiary alicyclic amines) is 1. The fraction of sp³-hybridized carbons (Fsp3) is 0.360. The average Bonchev–Trinajstić information content (AvgIpc) is 2.85. The van der Waals surface area contributed by atoms with Gasteiger partial charge in [-0.15, -0.1) is 0 Å². The zero-order chi connectivity index (χ0) is 23.0. The Hall–Kier alpha value is -3.52. The molecule has 2 heterocycles. The lowest BCUT2D eigenvalue weighted by atomic mass is 10.1. The zero-order valence-corrected chi connectivity index (χ0v) is 19.0. The first-order chi connectivity index (χ1) is 16.2. The smallest absolute Gasteiger partial charge is 0.411 e. The Kier molecular flexibility index (Phi) is 7.47. The van der Waals surface area contributed by atoms with Crippen molar-refractivity contribution in [2.24, 2.45) is 0 Å². The molecule has 0 aliphatic carbocycles. The molecule has 1 aliphatic heterocycles. The topological polar surface area (TPSA) is 82.2 Å². The molecule has 0 bridgehead atoms. The number of aromatic nitrogens is 1.